The van der Waals surface area contributed by atoms with Crippen LogP contribution in [0.15, 0.2) is 47.4 Å². The van der Waals surface area contributed by atoms with Crippen LogP contribution in [0.2, 0.25) is 5.02 Å². The number of hydrogen-bond acceptors (Lipinski definition) is 4. The van der Waals surface area contributed by atoms with Gasteiger partial charge >= 0.3 is 0 Å². The molecule has 2 N–H and O–H groups in total. The quantitative estimate of drug-likeness (QED) is 0.878. The minimum absolute atomic E-state index is 0.0935. The molecule has 2 heterocycles. The Bertz CT molecular complexity index is 868. The predicted molar refractivity (Wildman–Crippen MR) is 93.3 cm³/mol. The lowest BCUT2D eigenvalue weighted by Crippen LogP contribution is -2.39. The van der Waals surface area contributed by atoms with Gasteiger partial charge in [-0.3, -0.25) is 4.72 Å². The summed E-state index contributed by atoms with van der Waals surface area (Å²) < 4.78 is 33.8. The average molecular weight is 365 g/mol. The molecule has 126 valence electrons. The number of nitrogens with one attached hydrogen (secondary N) is 2. The number of hydrogen-bond donors (Lipinski definition) is 2. The SMILES string of the molecule is O=S(=O)(Nc1ccc(Cl)cc1)c1ccc2c(c1)C1CCNCC1O2. The summed E-state index contributed by atoms with van der Waals surface area (Å²) in [7, 11) is -3.65. The van der Waals surface area contributed by atoms with Crippen LogP contribution in [0, 0.1) is 0 Å². The van der Waals surface area contributed by atoms with Gasteiger partial charge in [0.1, 0.15) is 11.9 Å². The zero-order valence-electron chi connectivity index (χ0n) is 12.8. The van der Waals surface area contributed by atoms with Crippen LogP contribution < -0.4 is 14.8 Å². The first kappa shape index (κ1) is 15.7. The standard InChI is InChI=1S/C17H17ClN2O3S/c18-11-1-3-12(4-2-11)20-24(21,22)13-5-6-16-15(9-13)14-7-8-19-10-17(14)23-16/h1-6,9,14,17,19-20H,7-8,10H2. The third kappa shape index (κ3) is 2.85. The Hall–Kier alpha value is -1.76. The van der Waals surface area contributed by atoms with E-state index in [-0.39, 0.29) is 16.9 Å². The highest BCUT2D eigenvalue weighted by molar-refractivity contribution is 7.92. The van der Waals surface area contributed by atoms with E-state index in [1.54, 1.807) is 42.5 Å². The third-order valence-electron chi connectivity index (χ3n) is 4.49. The summed E-state index contributed by atoms with van der Waals surface area (Å²) in [6.07, 6.45) is 1.04. The van der Waals surface area contributed by atoms with Crippen LogP contribution in [0.3, 0.4) is 0 Å². The Balaban J connectivity index is 1.64. The lowest BCUT2D eigenvalue weighted by molar-refractivity contribution is 0.177. The highest BCUT2D eigenvalue weighted by atomic mass is 35.5. The Kier molecular flexibility index (Phi) is 3.90. The van der Waals surface area contributed by atoms with Crippen LogP contribution in [-0.2, 0) is 10.0 Å². The maximum Gasteiger partial charge on any atom is 0.261 e. The smallest absolute Gasteiger partial charge is 0.261 e. The Labute approximate surface area is 146 Å². The second kappa shape index (κ2) is 5.95. The van der Waals surface area contributed by atoms with Crippen molar-refractivity contribution in [1.29, 1.82) is 0 Å². The fourth-order valence-electron chi connectivity index (χ4n) is 3.30. The van der Waals surface area contributed by atoms with Crippen molar-refractivity contribution in [2.24, 2.45) is 0 Å². The van der Waals surface area contributed by atoms with Gasteiger partial charge in [-0.05, 0) is 55.4 Å². The van der Waals surface area contributed by atoms with Crippen molar-refractivity contribution in [3.05, 3.63) is 53.1 Å². The number of halogens is 1. The molecule has 2 aliphatic rings. The highest BCUT2D eigenvalue weighted by Crippen LogP contribution is 2.42. The summed E-state index contributed by atoms with van der Waals surface area (Å²) in [6.45, 7) is 1.72. The number of rotatable bonds is 3. The fraction of sp³-hybridized carbons (Fsp3) is 0.294. The van der Waals surface area contributed by atoms with Crippen LogP contribution >= 0.6 is 11.6 Å². The molecule has 24 heavy (non-hydrogen) atoms. The topological polar surface area (TPSA) is 67.4 Å². The van der Waals surface area contributed by atoms with E-state index in [0.717, 1.165) is 30.8 Å². The molecule has 2 unspecified atom stereocenters. The number of anilines is 1. The molecule has 5 nitrogen and oxygen atoms in total. The summed E-state index contributed by atoms with van der Waals surface area (Å²) in [6, 6.07) is 11.7. The maximum absolute atomic E-state index is 12.6. The summed E-state index contributed by atoms with van der Waals surface area (Å²) in [5, 5.41) is 3.87. The lowest BCUT2D eigenvalue weighted by Gasteiger charge is -2.24. The first-order valence-electron chi connectivity index (χ1n) is 7.83. The summed E-state index contributed by atoms with van der Waals surface area (Å²) in [5.41, 5.74) is 1.47. The lowest BCUT2D eigenvalue weighted by atomic mass is 9.90. The van der Waals surface area contributed by atoms with Crippen LogP contribution in [0.5, 0.6) is 5.75 Å². The van der Waals surface area contributed by atoms with E-state index in [9.17, 15) is 8.42 Å². The van der Waals surface area contributed by atoms with Gasteiger partial charge in [-0.15, -0.1) is 0 Å². The van der Waals surface area contributed by atoms with Gasteiger partial charge in [-0.1, -0.05) is 11.6 Å². The van der Waals surface area contributed by atoms with E-state index in [0.29, 0.717) is 10.7 Å². The molecule has 4 rings (SSSR count). The van der Waals surface area contributed by atoms with Crippen molar-refractivity contribution >= 4 is 27.3 Å². The predicted octanol–water partition coefficient (Wildman–Crippen LogP) is 2.98. The van der Waals surface area contributed by atoms with Gasteiger partial charge in [0.05, 0.1) is 4.90 Å². The molecule has 0 radical (unpaired) electrons. The molecule has 0 aliphatic carbocycles. The highest BCUT2D eigenvalue weighted by Gasteiger charge is 2.36. The maximum atomic E-state index is 12.6. The molecular formula is C17H17ClN2O3S. The van der Waals surface area contributed by atoms with Gasteiger partial charge in [-0.25, -0.2) is 8.42 Å². The van der Waals surface area contributed by atoms with Gasteiger partial charge in [0, 0.05) is 28.7 Å². The first-order chi connectivity index (χ1) is 11.5. The van der Waals surface area contributed by atoms with E-state index in [1.807, 2.05) is 0 Å². The van der Waals surface area contributed by atoms with Gasteiger partial charge in [-0.2, -0.15) is 0 Å². The van der Waals surface area contributed by atoms with Crippen LogP contribution in [0.25, 0.3) is 0 Å². The molecule has 2 aromatic carbocycles. The Morgan fingerprint density at radius 1 is 1.17 bits per heavy atom. The third-order valence-corrected chi connectivity index (χ3v) is 6.12. The number of fused-ring (bicyclic) bond motifs is 3. The molecule has 2 aromatic rings. The molecule has 0 aromatic heterocycles. The van der Waals surface area contributed by atoms with Gasteiger partial charge in [0.15, 0.2) is 0 Å². The summed E-state index contributed by atoms with van der Waals surface area (Å²) >= 11 is 5.83. The number of ether oxygens (including phenoxy) is 1. The van der Waals surface area contributed by atoms with E-state index >= 15 is 0 Å². The molecule has 0 spiro atoms. The van der Waals surface area contributed by atoms with E-state index in [4.69, 9.17) is 16.3 Å². The second-order valence-corrected chi connectivity index (χ2v) is 8.19. The monoisotopic (exact) mass is 364 g/mol. The summed E-state index contributed by atoms with van der Waals surface area (Å²) in [5.74, 6) is 1.05. The Morgan fingerprint density at radius 3 is 2.75 bits per heavy atom. The molecule has 2 atom stereocenters. The molecule has 2 aliphatic heterocycles. The van der Waals surface area contributed by atoms with Crippen molar-refractivity contribution in [1.82, 2.24) is 5.32 Å². The van der Waals surface area contributed by atoms with Crippen LogP contribution in [0.4, 0.5) is 5.69 Å². The second-order valence-electron chi connectivity index (χ2n) is 6.07. The van der Waals surface area contributed by atoms with E-state index in [1.165, 1.54) is 0 Å². The molecule has 0 saturated carbocycles. The van der Waals surface area contributed by atoms with E-state index < -0.39 is 10.0 Å². The van der Waals surface area contributed by atoms with Crippen molar-refractivity contribution in [3.63, 3.8) is 0 Å². The minimum Gasteiger partial charge on any atom is -0.488 e. The molecule has 1 saturated heterocycles. The first-order valence-corrected chi connectivity index (χ1v) is 9.69. The van der Waals surface area contributed by atoms with Gasteiger partial charge in [0.25, 0.3) is 10.0 Å². The van der Waals surface area contributed by atoms with Gasteiger partial charge in [0.2, 0.25) is 0 Å². The number of benzene rings is 2. The van der Waals surface area contributed by atoms with Crippen molar-refractivity contribution in [2.75, 3.05) is 17.8 Å². The van der Waals surface area contributed by atoms with Crippen LogP contribution in [-0.4, -0.2) is 27.6 Å². The molecule has 0 amide bonds. The fourth-order valence-corrected chi connectivity index (χ4v) is 4.52. The van der Waals surface area contributed by atoms with Crippen LogP contribution in [0.1, 0.15) is 17.9 Å². The summed E-state index contributed by atoms with van der Waals surface area (Å²) in [4.78, 5) is 0.249. The molecule has 1 fully saturated rings. The van der Waals surface area contributed by atoms with Gasteiger partial charge < -0.3 is 10.1 Å². The molecule has 0 bridgehead atoms. The normalized spacial score (nSPS) is 22.4. The number of piperidine rings is 1. The molecular weight excluding hydrogens is 348 g/mol. The molecule has 7 heteroatoms. The number of sulfonamides is 1. The Morgan fingerprint density at radius 2 is 1.96 bits per heavy atom. The zero-order valence-corrected chi connectivity index (χ0v) is 14.4. The minimum atomic E-state index is -3.65. The largest absolute Gasteiger partial charge is 0.488 e. The zero-order chi connectivity index (χ0) is 16.7. The average Bonchev–Trinajstić information content (AvgIpc) is 2.94. The van der Waals surface area contributed by atoms with Crippen molar-refractivity contribution in [3.8, 4) is 5.75 Å². The van der Waals surface area contributed by atoms with Crippen molar-refractivity contribution in [2.45, 2.75) is 23.3 Å². The van der Waals surface area contributed by atoms with Crippen molar-refractivity contribution < 1.29 is 13.2 Å². The van der Waals surface area contributed by atoms with E-state index in [2.05, 4.69) is 10.0 Å².